The summed E-state index contributed by atoms with van der Waals surface area (Å²) in [5.74, 6) is 0.342. The van der Waals surface area contributed by atoms with Gasteiger partial charge in [0, 0.05) is 33.1 Å². The summed E-state index contributed by atoms with van der Waals surface area (Å²) >= 11 is 0. The monoisotopic (exact) mass is 762 g/mol. The average molecular weight is 763 g/mol. The second kappa shape index (κ2) is 14.1. The quantitative estimate of drug-likeness (QED) is 0.151. The molecule has 0 unspecified atom stereocenters. The highest BCUT2D eigenvalue weighted by Crippen LogP contribution is 2.44. The third-order valence-corrected chi connectivity index (χ3v) is 9.66. The van der Waals surface area contributed by atoms with Gasteiger partial charge in [-0.25, -0.2) is 4.98 Å². The lowest BCUT2D eigenvalue weighted by Crippen LogP contribution is -2.10. The van der Waals surface area contributed by atoms with Crippen LogP contribution in [0.5, 0.6) is 0 Å². The topological polar surface area (TPSA) is 29.3 Å². The number of nitrogens with zero attached hydrogens (tertiary/aromatic N) is 2. The summed E-state index contributed by atoms with van der Waals surface area (Å²) in [7, 11) is 0. The van der Waals surface area contributed by atoms with E-state index in [1.165, 1.54) is 6.07 Å². The van der Waals surface area contributed by atoms with Crippen LogP contribution in [0.1, 0.15) is 30.2 Å². The molecule has 3 nitrogen and oxygen atoms in total. The van der Waals surface area contributed by atoms with E-state index >= 15 is 0 Å². The Balaban J connectivity index is 1.25. The maximum Gasteiger partial charge on any atom is 0.227 e. The molecule has 272 valence electrons. The Hall–Kier alpha value is -7.75. The molecular formula is C55H36N2O. The molecule has 0 bridgehead atoms. The Morgan fingerprint density at radius 3 is 1.64 bits per heavy atom. The predicted octanol–water partition coefficient (Wildman–Crippen LogP) is 15.4. The summed E-state index contributed by atoms with van der Waals surface area (Å²) in [6.45, 7) is 0. The van der Waals surface area contributed by atoms with Gasteiger partial charge in [0.25, 0.3) is 0 Å². The molecule has 11 rings (SSSR count). The molecular weight excluding hydrogens is 705 g/mol. The van der Waals surface area contributed by atoms with Gasteiger partial charge in [0.2, 0.25) is 5.89 Å². The highest BCUT2D eigenvalue weighted by atomic mass is 16.3. The minimum absolute atomic E-state index is 0.0427. The SMILES string of the molecule is [2H]c1c([2H])c([2H])c(-c2c([2H])c([2H])c(N(c3c([2H])c([2H])c(-c4c([2H])c([2H])c([2H])c(-c5c([2H])c([2H])c([2H])c([2H])c5[2H])c4[2H])c([2H])c3[2H])c3cccc4c3ccc3ccc5ccc6nc(-c7ccccc7)oc6c5c34)c([2H])c2[2H])c([2H])c1[2H]. The van der Waals surface area contributed by atoms with Crippen molar-refractivity contribution >= 4 is 60.5 Å². The lowest BCUT2D eigenvalue weighted by Gasteiger charge is -2.27. The number of oxazole rings is 1. The molecule has 0 fully saturated rings. The fourth-order valence-corrected chi connectivity index (χ4v) is 7.04. The van der Waals surface area contributed by atoms with Gasteiger partial charge >= 0.3 is 0 Å². The van der Waals surface area contributed by atoms with E-state index in [4.69, 9.17) is 27.2 Å². The van der Waals surface area contributed by atoms with Crippen molar-refractivity contribution in [2.45, 2.75) is 0 Å². The summed E-state index contributed by atoms with van der Waals surface area (Å²) in [6, 6.07) is 5.43. The second-order valence-corrected chi connectivity index (χ2v) is 13.0. The Bertz CT molecular complexity index is 4470. The number of fused-ring (bicyclic) bond motifs is 7. The number of hydrogen-bond acceptors (Lipinski definition) is 3. The maximum absolute atomic E-state index is 9.80. The Kier molecular flexibility index (Phi) is 4.37. The van der Waals surface area contributed by atoms with Crippen molar-refractivity contribution in [3.05, 3.63) is 218 Å². The predicted molar refractivity (Wildman–Crippen MR) is 243 cm³/mol. The summed E-state index contributed by atoms with van der Waals surface area (Å²) in [5, 5.41) is 3.44. The minimum atomic E-state index is -0.984. The highest BCUT2D eigenvalue weighted by Gasteiger charge is 2.20. The van der Waals surface area contributed by atoms with E-state index in [9.17, 15) is 12.3 Å². The molecule has 0 aliphatic rings. The van der Waals surface area contributed by atoms with Crippen LogP contribution in [-0.2, 0) is 0 Å². The van der Waals surface area contributed by atoms with Crippen LogP contribution >= 0.6 is 0 Å². The van der Waals surface area contributed by atoms with E-state index in [-0.39, 0.29) is 11.1 Å². The zero-order valence-electron chi connectivity index (χ0n) is 51.9. The number of anilines is 3. The van der Waals surface area contributed by atoms with Crippen molar-refractivity contribution in [2.75, 3.05) is 4.90 Å². The van der Waals surface area contributed by atoms with Crippen LogP contribution in [0.3, 0.4) is 0 Å². The first-order chi connectivity index (χ1) is 37.9. The molecule has 0 N–H and O–H groups in total. The van der Waals surface area contributed by atoms with Crippen LogP contribution in [0.2, 0.25) is 0 Å². The molecule has 3 heteroatoms. The summed E-state index contributed by atoms with van der Waals surface area (Å²) in [4.78, 5) is 5.78. The summed E-state index contributed by atoms with van der Waals surface area (Å²) in [5.41, 5.74) is -4.07. The molecule has 1 aromatic heterocycles. The van der Waals surface area contributed by atoms with Gasteiger partial charge in [-0.3, -0.25) is 0 Å². The van der Waals surface area contributed by atoms with E-state index in [0.717, 1.165) is 10.3 Å². The lowest BCUT2D eigenvalue weighted by atomic mass is 9.94. The van der Waals surface area contributed by atoms with E-state index in [2.05, 4.69) is 0 Å². The van der Waals surface area contributed by atoms with Gasteiger partial charge < -0.3 is 9.32 Å². The largest absolute Gasteiger partial charge is 0.435 e. The van der Waals surface area contributed by atoms with Gasteiger partial charge in [0.05, 0.1) is 35.8 Å². The molecule has 0 saturated carbocycles. The van der Waals surface area contributed by atoms with Crippen molar-refractivity contribution < 1.29 is 34.6 Å². The normalized spacial score (nSPS) is 16.8. The smallest absolute Gasteiger partial charge is 0.227 e. The number of rotatable bonds is 7. The van der Waals surface area contributed by atoms with Gasteiger partial charge in [0.1, 0.15) is 5.52 Å². The van der Waals surface area contributed by atoms with Crippen LogP contribution in [0, 0.1) is 0 Å². The molecule has 11 aromatic rings. The van der Waals surface area contributed by atoms with Crippen LogP contribution in [-0.4, -0.2) is 4.98 Å². The molecule has 0 aliphatic carbocycles. The second-order valence-electron chi connectivity index (χ2n) is 13.0. The number of aromatic nitrogens is 1. The molecule has 1 heterocycles. The third-order valence-electron chi connectivity index (χ3n) is 9.66. The van der Waals surface area contributed by atoms with Gasteiger partial charge in [-0.2, -0.15) is 0 Å². The molecule has 0 radical (unpaired) electrons. The Morgan fingerprint density at radius 2 is 0.966 bits per heavy atom. The van der Waals surface area contributed by atoms with Crippen molar-refractivity contribution in [3.63, 3.8) is 0 Å². The molecule has 0 saturated heterocycles. The zero-order valence-corrected chi connectivity index (χ0v) is 29.9. The summed E-state index contributed by atoms with van der Waals surface area (Å²) in [6.07, 6.45) is 0. The van der Waals surface area contributed by atoms with Crippen molar-refractivity contribution in [1.29, 1.82) is 0 Å². The standard InChI is InChI=1S/C55H36N2O/c1-4-12-37(13-5-1)39-24-30-46(31-25-39)57(47-32-26-40(27-33-47)45-19-10-18-44(36-45)38-14-6-2-7-15-38)51-21-11-20-49-48(51)34-28-41-22-23-42-29-35-50-54(53(42)52(41)49)58-55(56-50)43-16-8-3-9-17-43/h1-36H/i1D,2D,4D,5D,6D,7D,10D,12D,13D,14D,15D,18D,19D,24D,25D,26D,27D,30D,31D,32D,33D,36D. The first-order valence-electron chi connectivity index (χ1n) is 28.9. The first kappa shape index (κ1) is 18.0. The van der Waals surface area contributed by atoms with E-state index in [1.54, 1.807) is 24.3 Å². The number of benzene rings is 10. The highest BCUT2D eigenvalue weighted by molar-refractivity contribution is 6.27. The van der Waals surface area contributed by atoms with Gasteiger partial charge in [-0.05, 0) is 104 Å². The van der Waals surface area contributed by atoms with Crippen LogP contribution in [0.4, 0.5) is 17.1 Å². The third kappa shape index (κ3) is 5.89. The summed E-state index contributed by atoms with van der Waals surface area (Å²) < 4.78 is 204. The Labute approximate surface area is 367 Å². The maximum atomic E-state index is 9.80. The van der Waals surface area contributed by atoms with E-state index < -0.39 is 178 Å². The number of hydrogen-bond donors (Lipinski definition) is 0. The van der Waals surface area contributed by atoms with Crippen LogP contribution in [0.25, 0.3) is 88.3 Å². The Morgan fingerprint density at radius 1 is 0.414 bits per heavy atom. The van der Waals surface area contributed by atoms with Crippen LogP contribution in [0.15, 0.2) is 222 Å². The van der Waals surface area contributed by atoms with Gasteiger partial charge in [-0.15, -0.1) is 0 Å². The van der Waals surface area contributed by atoms with Crippen molar-refractivity contribution in [3.8, 4) is 44.8 Å². The average Bonchev–Trinajstić information content (AvgIpc) is 3.97. The first-order valence-corrected chi connectivity index (χ1v) is 17.9. The van der Waals surface area contributed by atoms with Gasteiger partial charge in [-0.1, -0.05) is 163 Å². The zero-order chi connectivity index (χ0) is 57.6. The molecule has 0 aliphatic heterocycles. The fraction of sp³-hybridized carbons (Fsp3) is 0. The molecule has 10 aromatic carbocycles. The van der Waals surface area contributed by atoms with E-state index in [0.29, 0.717) is 44.1 Å². The fourth-order valence-electron chi connectivity index (χ4n) is 7.04. The molecule has 0 amide bonds. The van der Waals surface area contributed by atoms with Crippen molar-refractivity contribution in [2.24, 2.45) is 0 Å². The van der Waals surface area contributed by atoms with Gasteiger partial charge in [0.15, 0.2) is 5.58 Å². The molecule has 0 atom stereocenters. The molecule has 58 heavy (non-hydrogen) atoms. The minimum Gasteiger partial charge on any atom is -0.435 e. The van der Waals surface area contributed by atoms with Crippen molar-refractivity contribution in [1.82, 2.24) is 4.98 Å². The lowest BCUT2D eigenvalue weighted by molar-refractivity contribution is 0.623. The van der Waals surface area contributed by atoms with Crippen LogP contribution < -0.4 is 4.90 Å². The molecule has 0 spiro atoms. The van der Waals surface area contributed by atoms with E-state index in [1.807, 2.05) is 54.6 Å².